The van der Waals surface area contributed by atoms with E-state index in [9.17, 15) is 4.79 Å². The van der Waals surface area contributed by atoms with Gasteiger partial charge in [-0.1, -0.05) is 0 Å². The third-order valence-corrected chi connectivity index (χ3v) is 7.36. The predicted molar refractivity (Wildman–Crippen MR) is 129 cm³/mol. The Morgan fingerprint density at radius 1 is 1.44 bits per heavy atom. The van der Waals surface area contributed by atoms with Crippen molar-refractivity contribution in [1.82, 2.24) is 35.8 Å². The van der Waals surface area contributed by atoms with Gasteiger partial charge in [-0.15, -0.1) is 16.7 Å². The number of halogens is 1. The number of amides is 1. The van der Waals surface area contributed by atoms with E-state index in [0.717, 1.165) is 18.5 Å². The van der Waals surface area contributed by atoms with E-state index in [1.165, 1.54) is 4.52 Å². The number of pyridine rings is 1. The molecule has 4 heterocycles. The zero-order valence-electron chi connectivity index (χ0n) is 19.1. The number of fused-ring (bicyclic) bond motifs is 2. The maximum atomic E-state index is 13.4. The van der Waals surface area contributed by atoms with Crippen LogP contribution in [0, 0.1) is 11.8 Å². The van der Waals surface area contributed by atoms with Crippen LogP contribution in [0.25, 0.3) is 16.9 Å². The molecule has 6 unspecified atom stereocenters. The Labute approximate surface area is 202 Å². The van der Waals surface area contributed by atoms with Gasteiger partial charge in [0, 0.05) is 60.6 Å². The highest BCUT2D eigenvalue weighted by molar-refractivity contribution is 6.21. The minimum Gasteiger partial charge on any atom is -0.381 e. The molecule has 0 aromatic carbocycles. The molecule has 0 radical (unpaired) electrons. The normalized spacial score (nSPS) is 27.4. The number of carbonyl (C=O) groups is 1. The highest BCUT2D eigenvalue weighted by atomic mass is 35.5. The predicted octanol–water partition coefficient (Wildman–Crippen LogP) is 1.62. The Morgan fingerprint density at radius 3 is 3.06 bits per heavy atom. The number of nitrogens with two attached hydrogens (primary N) is 1. The number of hydrogen-bond donors (Lipinski definition) is 4. The van der Waals surface area contributed by atoms with E-state index < -0.39 is 0 Å². The molecule has 3 aromatic heterocycles. The lowest BCUT2D eigenvalue weighted by molar-refractivity contribution is -0.0422. The summed E-state index contributed by atoms with van der Waals surface area (Å²) in [6.45, 7) is 5.36. The summed E-state index contributed by atoms with van der Waals surface area (Å²) < 4.78 is 7.66. The first-order valence-electron chi connectivity index (χ1n) is 11.6. The van der Waals surface area contributed by atoms with Crippen molar-refractivity contribution in [3.63, 3.8) is 0 Å². The summed E-state index contributed by atoms with van der Waals surface area (Å²) in [6, 6.07) is 5.45. The molecule has 0 spiro atoms. The zero-order valence-corrected chi connectivity index (χ0v) is 19.9. The molecule has 1 amide bonds. The van der Waals surface area contributed by atoms with E-state index in [2.05, 4.69) is 31.2 Å². The third kappa shape index (κ3) is 4.11. The fourth-order valence-electron chi connectivity index (χ4n) is 5.18. The van der Waals surface area contributed by atoms with Gasteiger partial charge in [-0.3, -0.25) is 20.6 Å². The van der Waals surface area contributed by atoms with Crippen LogP contribution in [0.5, 0.6) is 0 Å². The van der Waals surface area contributed by atoms with Gasteiger partial charge in [-0.25, -0.2) is 9.50 Å². The molecule has 11 heteroatoms. The molecule has 1 saturated heterocycles. The molecule has 34 heavy (non-hydrogen) atoms. The molecular weight excluding hydrogens is 456 g/mol. The van der Waals surface area contributed by atoms with Crippen molar-refractivity contribution in [2.45, 2.75) is 43.8 Å². The molecule has 10 nitrogen and oxygen atoms in total. The number of anilines is 1. The fourth-order valence-corrected chi connectivity index (χ4v) is 5.63. The highest BCUT2D eigenvalue weighted by Gasteiger charge is 2.48. The molecule has 6 atom stereocenters. The van der Waals surface area contributed by atoms with Gasteiger partial charge in [0.15, 0.2) is 11.5 Å². The van der Waals surface area contributed by atoms with Crippen LogP contribution in [-0.2, 0) is 4.74 Å². The molecule has 1 aliphatic carbocycles. The van der Waals surface area contributed by atoms with Gasteiger partial charge >= 0.3 is 0 Å². The van der Waals surface area contributed by atoms with Crippen molar-refractivity contribution in [3.05, 3.63) is 42.4 Å². The van der Waals surface area contributed by atoms with Crippen LogP contribution in [0.3, 0.4) is 0 Å². The second-order valence-corrected chi connectivity index (χ2v) is 9.46. The first-order valence-corrected chi connectivity index (χ1v) is 12.0. The summed E-state index contributed by atoms with van der Waals surface area (Å²) in [5.41, 5.74) is 14.9. The average Bonchev–Trinajstić information content (AvgIpc) is 3.45. The van der Waals surface area contributed by atoms with Gasteiger partial charge in [-0.2, -0.15) is 0 Å². The molecule has 0 bridgehead atoms. The molecule has 1 aliphatic heterocycles. The van der Waals surface area contributed by atoms with Crippen molar-refractivity contribution < 1.29 is 9.53 Å². The van der Waals surface area contributed by atoms with Gasteiger partial charge in [0.25, 0.3) is 5.91 Å². The van der Waals surface area contributed by atoms with Crippen LogP contribution in [-0.4, -0.2) is 62.2 Å². The summed E-state index contributed by atoms with van der Waals surface area (Å²) in [5.74, 6) is 0.115. The highest BCUT2D eigenvalue weighted by Crippen LogP contribution is 2.38. The third-order valence-electron chi connectivity index (χ3n) is 6.86. The number of nitrogens with one attached hydrogen (secondary N) is 3. The summed E-state index contributed by atoms with van der Waals surface area (Å²) >= 11 is 6.74. The van der Waals surface area contributed by atoms with Crippen LogP contribution >= 0.6 is 11.6 Å². The number of alkyl halides is 1. The Morgan fingerprint density at radius 2 is 2.29 bits per heavy atom. The SMILES string of the molecule is CCOC1C(C(C)NC(=O)c2c(N)nn3ccc(-c4cccnc4)nc23)CC(Cl)C2CNNC21. The minimum atomic E-state index is -0.322. The van der Waals surface area contributed by atoms with Gasteiger partial charge in [-0.05, 0) is 38.5 Å². The van der Waals surface area contributed by atoms with E-state index in [1.807, 2.05) is 32.0 Å². The van der Waals surface area contributed by atoms with E-state index in [0.29, 0.717) is 17.9 Å². The lowest BCUT2D eigenvalue weighted by Crippen LogP contribution is -2.58. The number of carbonyl (C=O) groups excluding carboxylic acids is 1. The Kier molecular flexibility index (Phi) is 6.39. The summed E-state index contributed by atoms with van der Waals surface area (Å²) in [4.78, 5) is 22.2. The van der Waals surface area contributed by atoms with Crippen molar-refractivity contribution in [3.8, 4) is 11.3 Å². The van der Waals surface area contributed by atoms with Gasteiger partial charge in [0.2, 0.25) is 0 Å². The first kappa shape index (κ1) is 23.0. The number of rotatable bonds is 6. The number of aromatic nitrogens is 4. The van der Waals surface area contributed by atoms with Crippen molar-refractivity contribution in [2.75, 3.05) is 18.9 Å². The van der Waals surface area contributed by atoms with Crippen LogP contribution in [0.4, 0.5) is 5.82 Å². The smallest absolute Gasteiger partial charge is 0.259 e. The van der Waals surface area contributed by atoms with Gasteiger partial charge in [0.1, 0.15) is 5.56 Å². The Balaban J connectivity index is 1.41. The van der Waals surface area contributed by atoms with E-state index in [-0.39, 0.29) is 52.7 Å². The van der Waals surface area contributed by atoms with Crippen LogP contribution in [0.1, 0.15) is 30.6 Å². The van der Waals surface area contributed by atoms with Crippen molar-refractivity contribution in [1.29, 1.82) is 0 Å². The van der Waals surface area contributed by atoms with Gasteiger partial charge < -0.3 is 15.8 Å². The standard InChI is InChI=1S/C23H29ClN8O2/c1-3-34-20-14(9-16(24)15-11-27-30-19(15)20)12(2)28-23(33)18-21(25)31-32-8-6-17(29-22(18)32)13-5-4-7-26-10-13/h4-8,10,12,14-16,19-20,27,30H,3,9,11H2,1-2H3,(H2,25,31)(H,28,33). The molecule has 2 fully saturated rings. The summed E-state index contributed by atoms with van der Waals surface area (Å²) in [6.07, 6.45) is 5.83. The van der Waals surface area contributed by atoms with E-state index in [4.69, 9.17) is 22.1 Å². The molecule has 5 rings (SSSR count). The summed E-state index contributed by atoms with van der Waals surface area (Å²) in [5, 5.41) is 7.39. The Bertz CT molecular complexity index is 1170. The summed E-state index contributed by atoms with van der Waals surface area (Å²) in [7, 11) is 0. The van der Waals surface area contributed by atoms with Crippen molar-refractivity contribution >= 4 is 29.0 Å². The second kappa shape index (κ2) is 9.46. The lowest BCUT2D eigenvalue weighted by Gasteiger charge is -2.44. The molecule has 3 aromatic rings. The molecule has 180 valence electrons. The number of hydrazine groups is 1. The molecule has 1 saturated carbocycles. The van der Waals surface area contributed by atoms with Crippen LogP contribution in [0.2, 0.25) is 0 Å². The largest absolute Gasteiger partial charge is 0.381 e. The maximum Gasteiger partial charge on any atom is 0.259 e. The second-order valence-electron chi connectivity index (χ2n) is 8.90. The molecule has 5 N–H and O–H groups in total. The van der Waals surface area contributed by atoms with E-state index >= 15 is 0 Å². The number of nitrogen functional groups attached to an aromatic ring is 1. The quantitative estimate of drug-likeness (QED) is 0.388. The maximum absolute atomic E-state index is 13.4. The van der Waals surface area contributed by atoms with Gasteiger partial charge in [0.05, 0.1) is 17.8 Å². The molecule has 2 aliphatic rings. The number of ether oxygens (including phenoxy) is 1. The zero-order chi connectivity index (χ0) is 23.8. The first-order chi connectivity index (χ1) is 16.5. The number of hydrogen-bond acceptors (Lipinski definition) is 8. The minimum absolute atomic E-state index is 0.0145. The van der Waals surface area contributed by atoms with Crippen LogP contribution < -0.4 is 21.9 Å². The molecular formula is C23H29ClN8O2. The number of nitrogens with zero attached hydrogens (tertiary/aromatic N) is 4. The average molecular weight is 485 g/mol. The topological polar surface area (TPSA) is 131 Å². The fraction of sp³-hybridized carbons (Fsp3) is 0.478. The van der Waals surface area contributed by atoms with Crippen LogP contribution in [0.15, 0.2) is 36.8 Å². The monoisotopic (exact) mass is 484 g/mol. The lowest BCUT2D eigenvalue weighted by atomic mass is 9.73. The van der Waals surface area contributed by atoms with Crippen molar-refractivity contribution in [2.24, 2.45) is 11.8 Å². The van der Waals surface area contributed by atoms with E-state index in [1.54, 1.807) is 18.6 Å². The Hall–Kier alpha value is -2.79.